The Balaban J connectivity index is 1.60. The van der Waals surface area contributed by atoms with E-state index in [2.05, 4.69) is 15.3 Å². The molecule has 2 aliphatic rings. The summed E-state index contributed by atoms with van der Waals surface area (Å²) < 4.78 is 59.2. The first kappa shape index (κ1) is 22.3. The molecule has 1 spiro atoms. The number of nitrogens with zero attached hydrogens (tertiary/aromatic N) is 4. The van der Waals surface area contributed by atoms with Crippen LogP contribution in [0.2, 0.25) is 0 Å². The van der Waals surface area contributed by atoms with Crippen molar-refractivity contribution in [2.24, 2.45) is 0 Å². The highest BCUT2D eigenvalue weighted by molar-refractivity contribution is 5.87. The molecule has 172 valence electrons. The van der Waals surface area contributed by atoms with Gasteiger partial charge in [-0.25, -0.2) is 9.37 Å². The Morgan fingerprint density at radius 3 is 2.56 bits per heavy atom. The molecule has 0 atom stereocenters. The number of carbonyl (C=O) groups is 1. The summed E-state index contributed by atoms with van der Waals surface area (Å²) in [5, 5.41) is 2.93. The lowest BCUT2D eigenvalue weighted by atomic mass is 9.85. The van der Waals surface area contributed by atoms with E-state index < -0.39 is 23.2 Å². The van der Waals surface area contributed by atoms with Crippen molar-refractivity contribution in [3.05, 3.63) is 41.8 Å². The van der Waals surface area contributed by atoms with E-state index in [0.29, 0.717) is 38.5 Å². The molecule has 32 heavy (non-hydrogen) atoms. The van der Waals surface area contributed by atoms with Crippen LogP contribution in [0.4, 0.5) is 23.5 Å². The number of aromatic nitrogens is 2. The van der Waals surface area contributed by atoms with Crippen molar-refractivity contribution >= 4 is 11.9 Å². The third-order valence-electron chi connectivity index (χ3n) is 5.98. The van der Waals surface area contributed by atoms with Gasteiger partial charge >= 0.3 is 6.18 Å². The number of rotatable bonds is 3. The van der Waals surface area contributed by atoms with Crippen molar-refractivity contribution in [1.82, 2.24) is 20.2 Å². The van der Waals surface area contributed by atoms with E-state index in [-0.39, 0.29) is 23.5 Å². The number of nitrogens with one attached hydrogen (secondary N) is 1. The predicted octanol–water partition coefficient (Wildman–Crippen LogP) is 3.22. The number of hydrogen-bond acceptors (Lipinski definition) is 6. The second-order valence-corrected chi connectivity index (χ2v) is 8.00. The molecule has 0 unspecified atom stereocenters. The lowest BCUT2D eigenvalue weighted by Crippen LogP contribution is -2.61. The molecule has 0 aliphatic carbocycles. The summed E-state index contributed by atoms with van der Waals surface area (Å²) in [5.74, 6) is -1.09. The highest BCUT2D eigenvalue weighted by atomic mass is 19.4. The predicted molar refractivity (Wildman–Crippen MR) is 108 cm³/mol. The summed E-state index contributed by atoms with van der Waals surface area (Å²) in [6, 6.07) is 5.75. The topological polar surface area (TPSA) is 70.6 Å². The number of hydrogen-bond donors (Lipinski definition) is 1. The number of amides is 1. The fourth-order valence-corrected chi connectivity index (χ4v) is 4.16. The smallest absolute Gasteiger partial charge is 0.433 e. The lowest BCUT2D eigenvalue weighted by Gasteiger charge is -2.44. The van der Waals surface area contributed by atoms with Crippen LogP contribution in [-0.2, 0) is 11.0 Å². The van der Waals surface area contributed by atoms with Crippen LogP contribution in [0.25, 0.3) is 0 Å². The molecule has 4 rings (SSSR count). The first-order valence-electron chi connectivity index (χ1n) is 10.3. The molecule has 3 heterocycles. The van der Waals surface area contributed by atoms with Gasteiger partial charge in [-0.05, 0) is 38.4 Å². The maximum absolute atomic E-state index is 13.5. The van der Waals surface area contributed by atoms with Gasteiger partial charge in [0, 0.05) is 38.3 Å². The second kappa shape index (κ2) is 8.53. The second-order valence-electron chi connectivity index (χ2n) is 8.00. The fourth-order valence-electron chi connectivity index (χ4n) is 4.16. The summed E-state index contributed by atoms with van der Waals surface area (Å²) >= 11 is 0. The standard InChI is InChI=1S/C21H23F4N5O2/c1-29-9-3-8-26-18(31)20(29)6-10-30(11-7-20)19-27-16(21(23,24)25)13-17(28-19)32-15-5-2-4-14(22)12-15/h2,4-5,12-13H,3,6-11H2,1H3,(H,26,31). The van der Waals surface area contributed by atoms with Gasteiger partial charge < -0.3 is 15.0 Å². The normalized spacial score (nSPS) is 19.5. The molecule has 1 aromatic heterocycles. The molecule has 2 saturated heterocycles. The summed E-state index contributed by atoms with van der Waals surface area (Å²) in [6.45, 7) is 1.97. The maximum Gasteiger partial charge on any atom is 0.433 e. The van der Waals surface area contributed by atoms with Crippen molar-refractivity contribution in [3.63, 3.8) is 0 Å². The van der Waals surface area contributed by atoms with E-state index in [0.717, 1.165) is 19.0 Å². The number of benzene rings is 1. The minimum absolute atomic E-state index is 0.0251. The van der Waals surface area contributed by atoms with Crippen LogP contribution < -0.4 is 15.0 Å². The number of alkyl halides is 3. The number of ether oxygens (including phenoxy) is 1. The van der Waals surface area contributed by atoms with Gasteiger partial charge in [-0.15, -0.1) is 0 Å². The Morgan fingerprint density at radius 2 is 1.88 bits per heavy atom. The van der Waals surface area contributed by atoms with E-state index in [1.807, 2.05) is 11.9 Å². The zero-order chi connectivity index (χ0) is 22.9. The van der Waals surface area contributed by atoms with Crippen LogP contribution in [0.15, 0.2) is 30.3 Å². The Labute approximate surface area is 182 Å². The lowest BCUT2D eigenvalue weighted by molar-refractivity contribution is -0.141. The average Bonchev–Trinajstić information content (AvgIpc) is 2.87. The van der Waals surface area contributed by atoms with E-state index in [9.17, 15) is 22.4 Å². The minimum Gasteiger partial charge on any atom is -0.439 e. The molecule has 0 bridgehead atoms. The van der Waals surface area contributed by atoms with Crippen LogP contribution >= 0.6 is 0 Å². The molecular weight excluding hydrogens is 430 g/mol. The first-order valence-corrected chi connectivity index (χ1v) is 10.3. The molecule has 11 heteroatoms. The van der Waals surface area contributed by atoms with Crippen molar-refractivity contribution in [2.45, 2.75) is 31.0 Å². The number of piperidine rings is 1. The molecule has 1 aromatic carbocycles. The van der Waals surface area contributed by atoms with Crippen molar-refractivity contribution in [3.8, 4) is 11.6 Å². The van der Waals surface area contributed by atoms with Gasteiger partial charge in [-0.3, -0.25) is 9.69 Å². The van der Waals surface area contributed by atoms with Crippen molar-refractivity contribution in [1.29, 1.82) is 0 Å². The van der Waals surface area contributed by atoms with E-state index in [1.165, 1.54) is 18.2 Å². The zero-order valence-electron chi connectivity index (χ0n) is 17.5. The Bertz CT molecular complexity index is 992. The molecule has 1 amide bonds. The maximum atomic E-state index is 13.5. The largest absolute Gasteiger partial charge is 0.439 e. The van der Waals surface area contributed by atoms with Gasteiger partial charge in [0.2, 0.25) is 17.7 Å². The van der Waals surface area contributed by atoms with Crippen molar-refractivity contribution < 1.29 is 27.1 Å². The van der Waals surface area contributed by atoms with Crippen LogP contribution in [-0.4, -0.2) is 59.5 Å². The minimum atomic E-state index is -4.71. The quantitative estimate of drug-likeness (QED) is 0.720. The van der Waals surface area contributed by atoms with Gasteiger partial charge in [0.15, 0.2) is 5.69 Å². The van der Waals surface area contributed by atoms with Crippen LogP contribution in [0.5, 0.6) is 11.6 Å². The summed E-state index contributed by atoms with van der Waals surface area (Å²) in [4.78, 5) is 24.2. The Morgan fingerprint density at radius 1 is 1.12 bits per heavy atom. The third-order valence-corrected chi connectivity index (χ3v) is 5.98. The zero-order valence-corrected chi connectivity index (χ0v) is 17.5. The number of halogens is 4. The summed E-state index contributed by atoms with van der Waals surface area (Å²) in [7, 11) is 1.90. The number of anilines is 1. The molecular formula is C21H23F4N5O2. The van der Waals surface area contributed by atoms with E-state index in [1.54, 1.807) is 4.90 Å². The summed E-state index contributed by atoms with van der Waals surface area (Å²) in [5.41, 5.74) is -1.85. The Hall–Kier alpha value is -2.95. The average molecular weight is 453 g/mol. The fraction of sp³-hybridized carbons (Fsp3) is 0.476. The van der Waals surface area contributed by atoms with Gasteiger partial charge in [0.25, 0.3) is 0 Å². The van der Waals surface area contributed by atoms with E-state index >= 15 is 0 Å². The molecule has 2 fully saturated rings. The SMILES string of the molecule is CN1CCCNC(=O)C12CCN(c1nc(Oc3cccc(F)c3)cc(C(F)(F)F)n1)CC2. The first-order chi connectivity index (χ1) is 15.2. The van der Waals surface area contributed by atoms with E-state index in [4.69, 9.17) is 4.74 Å². The van der Waals surface area contributed by atoms with Crippen LogP contribution in [0.3, 0.4) is 0 Å². The highest BCUT2D eigenvalue weighted by Gasteiger charge is 2.46. The monoisotopic (exact) mass is 453 g/mol. The van der Waals surface area contributed by atoms with Crippen LogP contribution in [0.1, 0.15) is 25.0 Å². The summed E-state index contributed by atoms with van der Waals surface area (Å²) in [6.07, 6.45) is -3.02. The van der Waals surface area contributed by atoms with Crippen LogP contribution in [0, 0.1) is 5.82 Å². The van der Waals surface area contributed by atoms with Gasteiger partial charge in [0.1, 0.15) is 17.1 Å². The Kier molecular flexibility index (Phi) is 5.93. The number of likely N-dealkylation sites (N-methyl/N-ethyl adjacent to an activating group) is 1. The van der Waals surface area contributed by atoms with Gasteiger partial charge in [-0.1, -0.05) is 6.07 Å². The van der Waals surface area contributed by atoms with Crippen molar-refractivity contribution in [2.75, 3.05) is 38.1 Å². The molecule has 7 nitrogen and oxygen atoms in total. The highest BCUT2D eigenvalue weighted by Crippen LogP contribution is 2.35. The van der Waals surface area contributed by atoms with Gasteiger partial charge in [0.05, 0.1) is 0 Å². The molecule has 1 N–H and O–H groups in total. The molecule has 2 aliphatic heterocycles. The molecule has 0 saturated carbocycles. The molecule has 0 radical (unpaired) electrons. The molecule has 2 aromatic rings. The van der Waals surface area contributed by atoms with Gasteiger partial charge in [-0.2, -0.15) is 18.2 Å². The number of carbonyl (C=O) groups excluding carboxylic acids is 1. The third kappa shape index (κ3) is 4.47.